The van der Waals surface area contributed by atoms with Crippen LogP contribution in [-0.2, 0) is 0 Å². The van der Waals surface area contributed by atoms with Gasteiger partial charge in [-0.3, -0.25) is 5.41 Å². The number of nitrogens with one attached hydrogen (secondary N) is 1. The van der Waals surface area contributed by atoms with Gasteiger partial charge in [-0.15, -0.1) is 0 Å². The van der Waals surface area contributed by atoms with Crippen molar-refractivity contribution < 1.29 is 4.79 Å². The number of hydrogen-bond donors (Lipinski definition) is 3. The van der Waals surface area contributed by atoms with Crippen LogP contribution in [0.15, 0.2) is 24.3 Å². The minimum absolute atomic E-state index is 0.411. The molecule has 0 radical (unpaired) electrons. The molecule has 0 atom stereocenters. The van der Waals surface area contributed by atoms with Gasteiger partial charge >= 0.3 is 6.03 Å². The molecule has 0 saturated carbocycles. The summed E-state index contributed by atoms with van der Waals surface area (Å²) in [6, 6.07) is 5.45. The Balaban J connectivity index is 3.06. The molecule has 14 heavy (non-hydrogen) atoms. The van der Waals surface area contributed by atoms with E-state index in [2.05, 4.69) is 0 Å². The van der Waals surface area contributed by atoms with E-state index in [9.17, 15) is 4.79 Å². The molecular weight excluding hydrogens is 204 g/mol. The van der Waals surface area contributed by atoms with Crippen LogP contribution in [0.3, 0.4) is 0 Å². The molecule has 0 aliphatic rings. The molecule has 0 aliphatic carbocycles. The number of benzene rings is 1. The summed E-state index contributed by atoms with van der Waals surface area (Å²) in [7, 11) is 0. The zero-order valence-electron chi connectivity index (χ0n) is 7.20. The third kappa shape index (κ3) is 2.14. The molecule has 0 unspecified atom stereocenters. The maximum atomic E-state index is 10.9. The quantitative estimate of drug-likeness (QED) is 0.480. The number of halogens is 1. The second-order valence-electron chi connectivity index (χ2n) is 2.54. The minimum atomic E-state index is -0.806. The highest BCUT2D eigenvalue weighted by Crippen LogP contribution is 2.17. The van der Waals surface area contributed by atoms with Crippen molar-refractivity contribution in [2.24, 2.45) is 11.5 Å². The van der Waals surface area contributed by atoms with E-state index in [0.29, 0.717) is 10.7 Å². The normalized spacial score (nSPS) is 9.50. The van der Waals surface area contributed by atoms with Crippen molar-refractivity contribution in [3.05, 3.63) is 29.3 Å². The number of nitrogens with zero attached hydrogens (tertiary/aromatic N) is 1. The SMILES string of the molecule is N=C(N)N(C(N)=O)c1ccc(Cl)cc1. The molecule has 0 aliphatic heterocycles. The molecule has 0 spiro atoms. The van der Waals surface area contributed by atoms with Crippen molar-refractivity contribution >= 4 is 29.3 Å². The monoisotopic (exact) mass is 212 g/mol. The molecule has 74 valence electrons. The smallest absolute Gasteiger partial charge is 0.326 e. The number of rotatable bonds is 1. The van der Waals surface area contributed by atoms with E-state index in [4.69, 9.17) is 28.5 Å². The van der Waals surface area contributed by atoms with Crippen LogP contribution in [0, 0.1) is 5.41 Å². The number of hydrogen-bond acceptors (Lipinski definition) is 2. The summed E-state index contributed by atoms with van der Waals surface area (Å²) >= 11 is 5.66. The molecule has 1 rings (SSSR count). The second-order valence-corrected chi connectivity index (χ2v) is 2.97. The van der Waals surface area contributed by atoms with Crippen molar-refractivity contribution in [3.63, 3.8) is 0 Å². The van der Waals surface area contributed by atoms with Crippen LogP contribution in [0.1, 0.15) is 0 Å². The van der Waals surface area contributed by atoms with Gasteiger partial charge in [0.1, 0.15) is 0 Å². The summed E-state index contributed by atoms with van der Waals surface area (Å²) in [5.41, 5.74) is 10.6. The minimum Gasteiger partial charge on any atom is -0.369 e. The first-order valence-electron chi connectivity index (χ1n) is 3.71. The number of carbonyl (C=O) groups is 1. The Kier molecular flexibility index (Phi) is 2.93. The molecule has 2 amide bonds. The first kappa shape index (κ1) is 10.3. The lowest BCUT2D eigenvalue weighted by molar-refractivity contribution is 0.256. The number of guanidine groups is 1. The largest absolute Gasteiger partial charge is 0.369 e. The third-order valence-electron chi connectivity index (χ3n) is 1.55. The van der Waals surface area contributed by atoms with Crippen molar-refractivity contribution in [2.45, 2.75) is 0 Å². The van der Waals surface area contributed by atoms with E-state index in [-0.39, 0.29) is 0 Å². The Morgan fingerprint density at radius 1 is 1.29 bits per heavy atom. The second kappa shape index (κ2) is 3.97. The maximum absolute atomic E-state index is 10.9. The summed E-state index contributed by atoms with van der Waals surface area (Å²) in [4.78, 5) is 11.8. The highest BCUT2D eigenvalue weighted by Gasteiger charge is 2.14. The summed E-state index contributed by atoms with van der Waals surface area (Å²) < 4.78 is 0. The highest BCUT2D eigenvalue weighted by atomic mass is 35.5. The van der Waals surface area contributed by atoms with Gasteiger partial charge in [-0.2, -0.15) is 0 Å². The molecule has 5 nitrogen and oxygen atoms in total. The van der Waals surface area contributed by atoms with Crippen LogP contribution >= 0.6 is 11.6 Å². The molecule has 1 aromatic rings. The Hall–Kier alpha value is -1.75. The molecule has 1 aromatic carbocycles. The number of urea groups is 1. The fourth-order valence-electron chi connectivity index (χ4n) is 0.975. The maximum Gasteiger partial charge on any atom is 0.326 e. The van der Waals surface area contributed by atoms with Gasteiger partial charge in [0.15, 0.2) is 0 Å². The lowest BCUT2D eigenvalue weighted by atomic mass is 10.3. The average Bonchev–Trinajstić information content (AvgIpc) is 2.07. The number of nitrogens with two attached hydrogens (primary N) is 2. The number of amides is 2. The van der Waals surface area contributed by atoms with Crippen molar-refractivity contribution in [2.75, 3.05) is 4.90 Å². The molecule has 0 saturated heterocycles. The Morgan fingerprint density at radius 3 is 2.14 bits per heavy atom. The van der Waals surface area contributed by atoms with Crippen LogP contribution in [0.5, 0.6) is 0 Å². The van der Waals surface area contributed by atoms with Gasteiger partial charge in [0.2, 0.25) is 5.96 Å². The first-order chi connectivity index (χ1) is 6.52. The first-order valence-corrected chi connectivity index (χ1v) is 4.09. The zero-order valence-corrected chi connectivity index (χ0v) is 7.95. The Labute approximate surface area is 85.8 Å². The number of carbonyl (C=O) groups excluding carboxylic acids is 1. The van der Waals surface area contributed by atoms with Gasteiger partial charge in [0.25, 0.3) is 0 Å². The van der Waals surface area contributed by atoms with Crippen LogP contribution < -0.4 is 16.4 Å². The van der Waals surface area contributed by atoms with Crippen molar-refractivity contribution in [1.29, 1.82) is 5.41 Å². The van der Waals surface area contributed by atoms with Crippen LogP contribution in [-0.4, -0.2) is 12.0 Å². The Bertz CT molecular complexity index is 348. The van der Waals surface area contributed by atoms with Crippen LogP contribution in [0.25, 0.3) is 0 Å². The Morgan fingerprint density at radius 2 is 1.79 bits per heavy atom. The van der Waals surface area contributed by atoms with Gasteiger partial charge in [-0.1, -0.05) is 11.6 Å². The van der Waals surface area contributed by atoms with E-state index >= 15 is 0 Å². The predicted molar refractivity (Wildman–Crippen MR) is 55.4 cm³/mol. The topological polar surface area (TPSA) is 96.2 Å². The summed E-state index contributed by atoms with van der Waals surface area (Å²) in [6.45, 7) is 0. The van der Waals surface area contributed by atoms with E-state index in [1.54, 1.807) is 24.3 Å². The third-order valence-corrected chi connectivity index (χ3v) is 1.80. The zero-order chi connectivity index (χ0) is 10.7. The van der Waals surface area contributed by atoms with Crippen molar-refractivity contribution in [3.8, 4) is 0 Å². The van der Waals surface area contributed by atoms with Gasteiger partial charge < -0.3 is 11.5 Å². The fourth-order valence-corrected chi connectivity index (χ4v) is 1.10. The molecule has 6 heteroatoms. The van der Waals surface area contributed by atoms with E-state index in [1.165, 1.54) is 0 Å². The van der Waals surface area contributed by atoms with E-state index < -0.39 is 12.0 Å². The molecule has 0 aromatic heterocycles. The van der Waals surface area contributed by atoms with Gasteiger partial charge in [-0.05, 0) is 24.3 Å². The summed E-state index contributed by atoms with van der Waals surface area (Å²) in [6.07, 6.45) is 0. The predicted octanol–water partition coefficient (Wildman–Crippen LogP) is 1.12. The lowest BCUT2D eigenvalue weighted by Crippen LogP contribution is -2.44. The number of primary amides is 1. The molecule has 0 fully saturated rings. The standard InChI is InChI=1S/C8H9ClN4O/c9-5-1-3-6(4-2-5)13(7(10)11)8(12)14/h1-4H,(H3,10,11)(H2,12,14). The van der Waals surface area contributed by atoms with Crippen molar-refractivity contribution in [1.82, 2.24) is 0 Å². The summed E-state index contributed by atoms with van der Waals surface area (Å²) in [5.74, 6) is -0.431. The molecule has 0 heterocycles. The molecular formula is C8H9ClN4O. The van der Waals surface area contributed by atoms with Gasteiger partial charge in [0, 0.05) is 5.02 Å². The van der Waals surface area contributed by atoms with Gasteiger partial charge in [-0.25, -0.2) is 9.69 Å². The fraction of sp³-hybridized carbons (Fsp3) is 0. The van der Waals surface area contributed by atoms with Crippen LogP contribution in [0.2, 0.25) is 5.02 Å². The average molecular weight is 213 g/mol. The van der Waals surface area contributed by atoms with E-state index in [0.717, 1.165) is 4.90 Å². The molecule has 0 bridgehead atoms. The van der Waals surface area contributed by atoms with Gasteiger partial charge in [0.05, 0.1) is 5.69 Å². The van der Waals surface area contributed by atoms with Crippen LogP contribution in [0.4, 0.5) is 10.5 Å². The lowest BCUT2D eigenvalue weighted by Gasteiger charge is -2.17. The molecule has 5 N–H and O–H groups in total. The van der Waals surface area contributed by atoms with E-state index in [1.807, 2.05) is 0 Å². The summed E-state index contributed by atoms with van der Waals surface area (Å²) in [5, 5.41) is 7.67. The number of anilines is 1. The highest BCUT2D eigenvalue weighted by molar-refractivity contribution is 6.30.